The fraction of sp³-hybridized carbons (Fsp3) is 0.833. The van der Waals surface area contributed by atoms with Crippen LogP contribution < -0.4 is 5.32 Å². The van der Waals surface area contributed by atoms with Gasteiger partial charge in [-0.25, -0.2) is 0 Å². The highest BCUT2D eigenvalue weighted by atomic mass is 15.5. The summed E-state index contributed by atoms with van der Waals surface area (Å²) in [4.78, 5) is 0. The van der Waals surface area contributed by atoms with Crippen molar-refractivity contribution in [3.05, 3.63) is 5.82 Å². The number of hydrogen-bond acceptors (Lipinski definition) is 4. The van der Waals surface area contributed by atoms with Gasteiger partial charge in [-0.05, 0) is 13.3 Å². The Balaban J connectivity index is 2.08. The molecular formula is C6H11N5. The molecule has 60 valence electrons. The van der Waals surface area contributed by atoms with Crippen LogP contribution in [0, 0.1) is 0 Å². The van der Waals surface area contributed by atoms with Crippen LogP contribution in [0.1, 0.15) is 25.1 Å². The molecule has 0 amide bonds. The molecule has 2 heterocycles. The van der Waals surface area contributed by atoms with E-state index in [2.05, 4.69) is 32.9 Å². The van der Waals surface area contributed by atoms with Crippen LogP contribution in [-0.2, 0) is 0 Å². The van der Waals surface area contributed by atoms with Gasteiger partial charge in [-0.1, -0.05) is 5.21 Å². The summed E-state index contributed by atoms with van der Waals surface area (Å²) in [5.74, 6) is 1.28. The van der Waals surface area contributed by atoms with E-state index in [1.54, 1.807) is 0 Å². The van der Waals surface area contributed by atoms with Crippen molar-refractivity contribution in [1.82, 2.24) is 25.9 Å². The lowest BCUT2D eigenvalue weighted by Crippen LogP contribution is -2.16. The first-order valence-electron chi connectivity index (χ1n) is 3.83. The van der Waals surface area contributed by atoms with Gasteiger partial charge in [0.2, 0.25) is 0 Å². The highest BCUT2D eigenvalue weighted by Gasteiger charge is 2.24. The summed E-state index contributed by atoms with van der Waals surface area (Å²) in [5.41, 5.74) is 0. The molecule has 0 bridgehead atoms. The molecule has 1 aromatic rings. The molecule has 5 heteroatoms. The van der Waals surface area contributed by atoms with E-state index in [0.717, 1.165) is 18.8 Å². The second kappa shape index (κ2) is 2.58. The van der Waals surface area contributed by atoms with E-state index in [1.165, 1.54) is 0 Å². The normalized spacial score (nSPS) is 31.0. The summed E-state index contributed by atoms with van der Waals surface area (Å²) in [7, 11) is 0. The molecule has 1 saturated heterocycles. The number of nitrogens with zero attached hydrogens (tertiary/aromatic N) is 3. The van der Waals surface area contributed by atoms with Crippen molar-refractivity contribution >= 4 is 0 Å². The number of nitrogens with one attached hydrogen (secondary N) is 2. The minimum atomic E-state index is 0.448. The molecule has 2 rings (SSSR count). The number of H-pyrrole nitrogens is 1. The van der Waals surface area contributed by atoms with Crippen LogP contribution in [0.4, 0.5) is 0 Å². The zero-order valence-corrected chi connectivity index (χ0v) is 6.41. The molecule has 11 heavy (non-hydrogen) atoms. The maximum absolute atomic E-state index is 3.95. The lowest BCUT2D eigenvalue weighted by atomic mass is 10.1. The maximum Gasteiger partial charge on any atom is 0.178 e. The fourth-order valence-electron chi connectivity index (χ4n) is 1.48. The number of aromatic amines is 1. The van der Waals surface area contributed by atoms with Crippen LogP contribution in [0.5, 0.6) is 0 Å². The molecule has 0 spiro atoms. The van der Waals surface area contributed by atoms with Gasteiger partial charge in [-0.3, -0.25) is 0 Å². The zero-order valence-electron chi connectivity index (χ0n) is 6.41. The van der Waals surface area contributed by atoms with Crippen molar-refractivity contribution in [3.63, 3.8) is 0 Å². The van der Waals surface area contributed by atoms with Crippen LogP contribution >= 0.6 is 0 Å². The van der Waals surface area contributed by atoms with Crippen LogP contribution in [-0.4, -0.2) is 33.2 Å². The zero-order chi connectivity index (χ0) is 7.68. The van der Waals surface area contributed by atoms with Crippen LogP contribution in [0.15, 0.2) is 0 Å². The molecule has 0 radical (unpaired) electrons. The summed E-state index contributed by atoms with van der Waals surface area (Å²) in [6.07, 6.45) is 1.11. The highest BCUT2D eigenvalue weighted by molar-refractivity contribution is 4.98. The number of aromatic nitrogens is 4. The van der Waals surface area contributed by atoms with Gasteiger partial charge in [0.15, 0.2) is 5.82 Å². The van der Waals surface area contributed by atoms with Crippen molar-refractivity contribution in [2.45, 2.75) is 25.3 Å². The Bertz CT molecular complexity index is 219. The first-order chi connectivity index (χ1) is 5.36. The first kappa shape index (κ1) is 6.72. The Morgan fingerprint density at radius 2 is 2.45 bits per heavy atom. The highest BCUT2D eigenvalue weighted by Crippen LogP contribution is 2.20. The van der Waals surface area contributed by atoms with E-state index in [1.807, 2.05) is 0 Å². The molecule has 1 aliphatic rings. The lowest BCUT2D eigenvalue weighted by molar-refractivity contribution is 0.650. The molecule has 0 saturated carbocycles. The van der Waals surface area contributed by atoms with Crippen molar-refractivity contribution in [2.24, 2.45) is 0 Å². The number of hydrogen-bond donors (Lipinski definition) is 2. The number of tetrazole rings is 1. The van der Waals surface area contributed by atoms with Crippen molar-refractivity contribution < 1.29 is 0 Å². The fourth-order valence-corrected chi connectivity index (χ4v) is 1.48. The van der Waals surface area contributed by atoms with Crippen LogP contribution in [0.25, 0.3) is 0 Å². The van der Waals surface area contributed by atoms with Gasteiger partial charge in [0, 0.05) is 18.5 Å². The lowest BCUT2D eigenvalue weighted by Gasteiger charge is -1.99. The summed E-state index contributed by atoms with van der Waals surface area (Å²) >= 11 is 0. The first-order valence-corrected chi connectivity index (χ1v) is 3.83. The minimum absolute atomic E-state index is 0.448. The Morgan fingerprint density at radius 1 is 1.55 bits per heavy atom. The van der Waals surface area contributed by atoms with Crippen LogP contribution in [0.3, 0.4) is 0 Å². The average molecular weight is 153 g/mol. The Morgan fingerprint density at radius 3 is 3.00 bits per heavy atom. The van der Waals surface area contributed by atoms with Gasteiger partial charge in [-0.2, -0.15) is 5.21 Å². The predicted octanol–water partition coefficient (Wildman–Crippen LogP) is -0.335. The standard InChI is InChI=1S/C6H11N5/c1-4-2-5(3-7-4)6-8-10-11-9-6/h4-5,7H,2-3H2,1H3,(H,8,9,10,11). The minimum Gasteiger partial charge on any atom is -0.314 e. The third-order valence-electron chi connectivity index (χ3n) is 2.08. The SMILES string of the molecule is CC1CC(c2nn[nH]n2)CN1. The van der Waals surface area contributed by atoms with E-state index < -0.39 is 0 Å². The van der Waals surface area contributed by atoms with E-state index in [4.69, 9.17) is 0 Å². The molecule has 0 aromatic carbocycles. The molecule has 1 aromatic heterocycles. The quantitative estimate of drug-likeness (QED) is 0.579. The van der Waals surface area contributed by atoms with Crippen molar-refractivity contribution in [3.8, 4) is 0 Å². The third kappa shape index (κ3) is 1.23. The summed E-state index contributed by atoms with van der Waals surface area (Å²) < 4.78 is 0. The third-order valence-corrected chi connectivity index (χ3v) is 2.08. The number of rotatable bonds is 1. The molecule has 0 aliphatic carbocycles. The molecule has 5 nitrogen and oxygen atoms in total. The van der Waals surface area contributed by atoms with Crippen LogP contribution in [0.2, 0.25) is 0 Å². The van der Waals surface area contributed by atoms with Gasteiger partial charge >= 0.3 is 0 Å². The Kier molecular flexibility index (Phi) is 1.58. The van der Waals surface area contributed by atoms with Gasteiger partial charge in [0.05, 0.1) is 0 Å². The maximum atomic E-state index is 3.95. The van der Waals surface area contributed by atoms with Gasteiger partial charge < -0.3 is 5.32 Å². The Hall–Kier alpha value is -0.970. The summed E-state index contributed by atoms with van der Waals surface area (Å²) in [5, 5.41) is 17.2. The van der Waals surface area contributed by atoms with Gasteiger partial charge in [-0.15, -0.1) is 10.2 Å². The molecule has 2 atom stereocenters. The van der Waals surface area contributed by atoms with Gasteiger partial charge in [0.1, 0.15) is 0 Å². The smallest absolute Gasteiger partial charge is 0.178 e. The molecule has 2 unspecified atom stereocenters. The van der Waals surface area contributed by atoms with E-state index >= 15 is 0 Å². The van der Waals surface area contributed by atoms with E-state index in [9.17, 15) is 0 Å². The topological polar surface area (TPSA) is 66.5 Å². The van der Waals surface area contributed by atoms with Crippen molar-refractivity contribution in [1.29, 1.82) is 0 Å². The summed E-state index contributed by atoms with van der Waals surface area (Å²) in [6.45, 7) is 3.14. The van der Waals surface area contributed by atoms with Gasteiger partial charge in [0.25, 0.3) is 0 Å². The van der Waals surface area contributed by atoms with Crippen molar-refractivity contribution in [2.75, 3.05) is 6.54 Å². The van der Waals surface area contributed by atoms with E-state index in [-0.39, 0.29) is 0 Å². The average Bonchev–Trinajstić information content (AvgIpc) is 2.55. The molecular weight excluding hydrogens is 142 g/mol. The predicted molar refractivity (Wildman–Crippen MR) is 39.0 cm³/mol. The Labute approximate surface area is 64.6 Å². The second-order valence-electron chi connectivity index (χ2n) is 3.01. The molecule has 1 aliphatic heterocycles. The second-order valence-corrected chi connectivity index (χ2v) is 3.01. The molecule has 1 fully saturated rings. The summed E-state index contributed by atoms with van der Waals surface area (Å²) in [6, 6.07) is 0.582. The monoisotopic (exact) mass is 153 g/mol. The molecule has 2 N–H and O–H groups in total. The van der Waals surface area contributed by atoms with E-state index in [0.29, 0.717) is 12.0 Å². The largest absolute Gasteiger partial charge is 0.314 e.